The van der Waals surface area contributed by atoms with Gasteiger partial charge in [0.25, 0.3) is 0 Å². The highest BCUT2D eigenvalue weighted by Gasteiger charge is 2.23. The van der Waals surface area contributed by atoms with Crippen LogP contribution in [0, 0.1) is 0 Å². The molecule has 0 unspecified atom stereocenters. The summed E-state index contributed by atoms with van der Waals surface area (Å²) < 4.78 is 402. The average Bonchev–Trinajstić information content (AvgIpc) is 0.865. The molecule has 0 spiro atoms. The van der Waals surface area contributed by atoms with E-state index in [1.807, 2.05) is 158 Å². The highest BCUT2D eigenvalue weighted by atomic mass is 16.3. The van der Waals surface area contributed by atoms with E-state index < -0.39 is 304 Å². The molecule has 568 valence electrons. The molecule has 0 fully saturated rings. The molecule has 0 atom stereocenters. The Morgan fingerprint density at radius 2 is 0.438 bits per heavy atom. The van der Waals surface area contributed by atoms with E-state index in [2.05, 4.69) is 36.4 Å². The molecule has 0 bridgehead atoms. The maximum absolute atomic E-state index is 9.25. The van der Waals surface area contributed by atoms with Crippen LogP contribution in [0.3, 0.4) is 0 Å². The third-order valence-electron chi connectivity index (χ3n) is 20.5. The molecule has 2 aromatic heterocycles. The van der Waals surface area contributed by atoms with Gasteiger partial charge in [-0.1, -0.05) is 418 Å². The van der Waals surface area contributed by atoms with Gasteiger partial charge < -0.3 is 13.7 Å². The largest absolute Gasteiger partial charge is 0.456 e. The predicted molar refractivity (Wildman–Crippen MR) is 513 cm³/mol. The van der Waals surface area contributed by atoms with Crippen molar-refractivity contribution in [3.8, 4) is 111 Å². The molecule has 0 N–H and O–H groups in total. The Morgan fingerprint density at radius 1 is 0.157 bits per heavy atom. The minimum Gasteiger partial charge on any atom is -0.456 e. The highest BCUT2D eigenvalue weighted by Crippen LogP contribution is 2.49. The first kappa shape index (κ1) is 39.3. The highest BCUT2D eigenvalue weighted by molar-refractivity contribution is 6.24. The molecular weight excluding hydrogens is 1460 g/mol. The molecule has 21 aromatic carbocycles. The van der Waals surface area contributed by atoms with Gasteiger partial charge in [0, 0.05) is 44.2 Å². The Kier molecular flexibility index (Phi) is 10.5. The van der Waals surface area contributed by atoms with Crippen molar-refractivity contribution >= 4 is 104 Å². The lowest BCUT2D eigenvalue weighted by atomic mass is 9.85. The van der Waals surface area contributed by atoms with Crippen molar-refractivity contribution in [3.63, 3.8) is 0 Å². The van der Waals surface area contributed by atoms with Gasteiger partial charge in [-0.2, -0.15) is 0 Å². The molecule has 0 radical (unpaired) electrons. The summed E-state index contributed by atoms with van der Waals surface area (Å²) in [6, 6.07) is 29.6. The van der Waals surface area contributed by atoms with Gasteiger partial charge in [-0.25, -0.2) is 0 Å². The number of furan rings is 2. The topological polar surface area (TPSA) is 29.5 Å². The Labute approximate surface area is 766 Å². The van der Waals surface area contributed by atoms with Crippen LogP contribution in [0.25, 0.3) is 198 Å². The van der Waals surface area contributed by atoms with Crippen LogP contribution in [-0.4, -0.2) is 0 Å². The summed E-state index contributed by atoms with van der Waals surface area (Å²) in [5.74, 6) is 0. The summed E-state index contributed by atoms with van der Waals surface area (Å²) in [4.78, 5) is 0.311. The number of anilines is 3. The molecule has 0 amide bonds. The molecule has 121 heavy (non-hydrogen) atoms. The molecule has 0 aliphatic rings. The van der Waals surface area contributed by atoms with Crippen molar-refractivity contribution in [1.29, 1.82) is 0 Å². The SMILES string of the molecule is [2H]c1c([2H])c([2H])c(-c2c([2H])c([2H])c(N(c3c([2H])c([2H])c(-c4c([2H])c([2H])c([2H])c([2H])c4[2H])c([2H])c3[2H])c3c([2H])c([2H])c(-c4c([2H])c([2H])c([2H])c([2H])c4[2H])c([2H])c3[2H])c([2H])c2[2H])c([2H])c1[2H].[2H]c1c([2H])c([2H])c(-c2c3c([2H])c([2H])c([2H])c([2H])c3c(-c3ccc(-c4c(-c5ccccc5)ccc5oc6ccccc6c45)cc3)c3c([2H])c([2H])c([2H])c([2H])c23)c([2H])c1[2H].[2H]c1c([2H])c([2H])c(-c2c3ccccc3c(-c3ccc(-c4cccc5oc6ccccc6c45)cc3)c3ccccc23)c([2H])c1[2H]. The zero-order valence-corrected chi connectivity index (χ0v) is 62.9. The first-order chi connectivity index (χ1) is 78.8. The number of hydrogen-bond donors (Lipinski definition) is 0. The number of para-hydroxylation sites is 2. The normalized spacial score (nSPS) is 16.5. The Bertz CT molecular complexity index is 9980. The van der Waals surface area contributed by atoms with Gasteiger partial charge in [0.15, 0.2) is 0 Å². The number of hydrogen-bond acceptors (Lipinski definition) is 3. The minimum absolute atomic E-state index is 0.0712. The summed E-state index contributed by atoms with van der Waals surface area (Å²) in [6.45, 7) is 0. The van der Waals surface area contributed by atoms with Crippen molar-refractivity contribution in [2.45, 2.75) is 0 Å². The summed E-state index contributed by atoms with van der Waals surface area (Å²) >= 11 is 0. The Morgan fingerprint density at radius 3 is 0.843 bits per heavy atom. The maximum Gasteiger partial charge on any atom is 0.136 e. The van der Waals surface area contributed by atoms with Crippen LogP contribution in [0.5, 0.6) is 0 Å². The molecule has 3 heteroatoms. The number of benzene rings is 21. The zero-order chi connectivity index (χ0) is 120. The van der Waals surface area contributed by atoms with Crippen molar-refractivity contribution in [2.75, 3.05) is 4.90 Å². The molecule has 0 saturated carbocycles. The minimum atomic E-state index is -1.22. The van der Waals surface area contributed by atoms with Crippen LogP contribution < -0.4 is 4.90 Å². The second kappa shape index (κ2) is 32.3. The van der Waals surface area contributed by atoms with E-state index >= 15 is 0 Å². The molecule has 23 aromatic rings. The second-order valence-corrected chi connectivity index (χ2v) is 27.4. The maximum atomic E-state index is 9.25. The van der Waals surface area contributed by atoms with E-state index in [-0.39, 0.29) is 62.4 Å². The predicted octanol–water partition coefficient (Wildman–Crippen LogP) is 33.6. The molecular formula is C118H79NO2. The van der Waals surface area contributed by atoms with E-state index in [4.69, 9.17) is 56.8 Å². The molecule has 0 aliphatic carbocycles. The smallest absolute Gasteiger partial charge is 0.136 e. The molecule has 2 heterocycles. The summed E-state index contributed by atoms with van der Waals surface area (Å²) in [5, 5.41) is 6.76. The molecule has 3 nitrogen and oxygen atoms in total. The van der Waals surface area contributed by atoms with E-state index in [9.17, 15) is 13.7 Å². The lowest BCUT2D eigenvalue weighted by Crippen LogP contribution is -2.09. The van der Waals surface area contributed by atoms with Crippen molar-refractivity contribution in [2.24, 2.45) is 0 Å². The van der Waals surface area contributed by atoms with Gasteiger partial charge in [0.2, 0.25) is 0 Å². The standard InChI is InChI=1S/C44H28O.C38H24O.C36H27N/c1-3-13-29(14-4-1)33-27-28-40-44(38-21-11-12-22-39(38)45-40)43(33)32-25-23-31(24-26-32)42-36-19-9-7-17-34(36)41(30-15-5-2-6-16-30)35-18-8-10-20-37(35)42;1-2-11-26(12-3-1)36-29-13-4-6-15-31(29)37(32-16-7-5-14-30(32)36)27-23-21-25(22-24-27)28-18-10-20-35-38(28)33-17-8-9-19-34(33)39-35;1-4-10-28(11-5-1)31-16-22-34(23-17-31)37(35-24-18-32(19-25-35)29-12-6-2-7-13-29)36-26-20-33(21-27-36)30-14-8-3-9-15-30/h1-28H;1-24H;1-27H/i2D,5D,6D,7D,8D,9D,10D,15D,16D,17D,18D,19D,20D;1D,2D,3D,11D,12D;1D,2D,3D,4D,5D,6D,7D,8D,9D,10D,11D,12D,13D,14D,15D,16D,17D,18D,19D,20D,21D,22D,23D,24D,25D,26D,27D. The fraction of sp³-hybridized carbons (Fsp3) is 0. The van der Waals surface area contributed by atoms with Crippen molar-refractivity contribution in [1.82, 2.24) is 0 Å². The number of fused-ring (bicyclic) bond motifs is 10. The lowest BCUT2D eigenvalue weighted by molar-refractivity contribution is 0.668. The van der Waals surface area contributed by atoms with Crippen molar-refractivity contribution in [3.05, 3.63) is 478 Å². The van der Waals surface area contributed by atoms with Crippen LogP contribution in [-0.2, 0) is 0 Å². The van der Waals surface area contributed by atoms with E-state index in [1.54, 1.807) is 12.1 Å². The van der Waals surface area contributed by atoms with Gasteiger partial charge in [-0.15, -0.1) is 0 Å². The van der Waals surface area contributed by atoms with Gasteiger partial charge in [0.1, 0.15) is 22.3 Å². The average molecular weight is 1590 g/mol. The van der Waals surface area contributed by atoms with Crippen LogP contribution in [0.15, 0.2) is 487 Å². The second-order valence-electron chi connectivity index (χ2n) is 27.4. The summed E-state index contributed by atoms with van der Waals surface area (Å²) in [6.07, 6.45) is 0. The molecule has 0 saturated heterocycles. The lowest BCUT2D eigenvalue weighted by Gasteiger charge is -2.26. The summed E-state index contributed by atoms with van der Waals surface area (Å²) in [5.41, 5.74) is 3.10. The first-order valence-corrected chi connectivity index (χ1v) is 37.8. The summed E-state index contributed by atoms with van der Waals surface area (Å²) in [7, 11) is 0. The van der Waals surface area contributed by atoms with Gasteiger partial charge in [-0.3, -0.25) is 0 Å². The van der Waals surface area contributed by atoms with Gasteiger partial charge >= 0.3 is 0 Å². The fourth-order valence-corrected chi connectivity index (χ4v) is 15.3. The molecule has 0 aliphatic heterocycles. The third kappa shape index (κ3) is 13.9. The fourth-order valence-electron chi connectivity index (χ4n) is 15.3. The van der Waals surface area contributed by atoms with Crippen LogP contribution in [0.2, 0.25) is 0 Å². The molecule has 23 rings (SSSR count). The van der Waals surface area contributed by atoms with Crippen LogP contribution in [0.1, 0.15) is 61.7 Å². The van der Waals surface area contributed by atoms with Gasteiger partial charge in [-0.05, 0) is 209 Å². The first-order valence-electron chi connectivity index (χ1n) is 60.3. The Balaban J connectivity index is 0.000000144. The number of rotatable bonds is 13. The van der Waals surface area contributed by atoms with E-state index in [0.717, 1.165) is 98.8 Å². The third-order valence-corrected chi connectivity index (χ3v) is 20.5. The van der Waals surface area contributed by atoms with Crippen LogP contribution in [0.4, 0.5) is 17.1 Å². The van der Waals surface area contributed by atoms with E-state index in [0.29, 0.717) is 27.2 Å². The van der Waals surface area contributed by atoms with E-state index in [1.165, 1.54) is 0 Å². The zero-order valence-electron chi connectivity index (χ0n) is 108. The van der Waals surface area contributed by atoms with Gasteiger partial charge in [0.05, 0.1) is 61.7 Å². The van der Waals surface area contributed by atoms with Crippen molar-refractivity contribution < 1.29 is 70.5 Å². The Hall–Kier alpha value is -15.9. The van der Waals surface area contributed by atoms with Crippen LogP contribution >= 0.6 is 0 Å². The number of nitrogens with zero attached hydrogens (tertiary/aromatic N) is 1. The quantitative estimate of drug-likeness (QED) is 0.108. The monoisotopic (exact) mass is 1590 g/mol.